The Morgan fingerprint density at radius 3 is 3.06 bits per heavy atom. The molecule has 0 amide bonds. The van der Waals surface area contributed by atoms with E-state index in [2.05, 4.69) is 35.5 Å². The molecule has 0 radical (unpaired) electrons. The Morgan fingerprint density at radius 2 is 2.24 bits per heavy atom. The second kappa shape index (κ2) is 4.69. The van der Waals surface area contributed by atoms with Crippen molar-refractivity contribution in [3.05, 3.63) is 29.3 Å². The van der Waals surface area contributed by atoms with Crippen LogP contribution in [0.1, 0.15) is 30.4 Å². The van der Waals surface area contributed by atoms with Crippen molar-refractivity contribution in [2.24, 2.45) is 5.92 Å². The summed E-state index contributed by atoms with van der Waals surface area (Å²) in [5.74, 6) is 0.985. The van der Waals surface area contributed by atoms with Gasteiger partial charge in [-0.25, -0.2) is 0 Å². The molecule has 1 aromatic carbocycles. The summed E-state index contributed by atoms with van der Waals surface area (Å²) >= 11 is 0. The van der Waals surface area contributed by atoms with E-state index in [1.807, 2.05) is 0 Å². The Bertz CT molecular complexity index is 396. The molecule has 2 heteroatoms. The molecule has 1 heterocycles. The van der Waals surface area contributed by atoms with Crippen LogP contribution >= 0.6 is 0 Å². The van der Waals surface area contributed by atoms with Crippen LogP contribution in [0.5, 0.6) is 0 Å². The number of nitrogens with one attached hydrogen (secondary N) is 1. The maximum absolute atomic E-state index is 3.47. The van der Waals surface area contributed by atoms with Gasteiger partial charge in [-0.2, -0.15) is 0 Å². The Labute approximate surface area is 104 Å². The molecule has 0 atom stereocenters. The van der Waals surface area contributed by atoms with E-state index in [-0.39, 0.29) is 0 Å². The minimum absolute atomic E-state index is 0.985. The van der Waals surface area contributed by atoms with Crippen LogP contribution in [0.2, 0.25) is 0 Å². The topological polar surface area (TPSA) is 15.3 Å². The molecule has 0 unspecified atom stereocenters. The largest absolute Gasteiger partial charge is 0.385 e. The lowest BCUT2D eigenvalue weighted by Gasteiger charge is -2.21. The van der Waals surface area contributed by atoms with E-state index in [1.54, 1.807) is 0 Å². The molecule has 1 fully saturated rings. The van der Waals surface area contributed by atoms with E-state index >= 15 is 0 Å². The van der Waals surface area contributed by atoms with Gasteiger partial charge in [-0.3, -0.25) is 0 Å². The lowest BCUT2D eigenvalue weighted by Crippen LogP contribution is -2.20. The zero-order chi connectivity index (χ0) is 11.7. The molecule has 0 saturated heterocycles. The summed E-state index contributed by atoms with van der Waals surface area (Å²) in [6, 6.07) is 6.93. The third kappa shape index (κ3) is 2.81. The Balaban J connectivity index is 1.65. The van der Waals surface area contributed by atoms with Gasteiger partial charge in [0, 0.05) is 25.3 Å². The van der Waals surface area contributed by atoms with Crippen molar-refractivity contribution >= 4 is 5.69 Å². The van der Waals surface area contributed by atoms with Gasteiger partial charge < -0.3 is 10.2 Å². The van der Waals surface area contributed by atoms with Gasteiger partial charge in [0.1, 0.15) is 0 Å². The average Bonchev–Trinajstić information content (AvgIpc) is 3.12. The molecule has 0 bridgehead atoms. The zero-order valence-electron chi connectivity index (χ0n) is 10.7. The van der Waals surface area contributed by atoms with Crippen molar-refractivity contribution in [1.29, 1.82) is 0 Å². The van der Waals surface area contributed by atoms with Crippen LogP contribution in [-0.2, 0) is 13.0 Å². The van der Waals surface area contributed by atoms with E-state index in [1.165, 1.54) is 49.0 Å². The Hall–Kier alpha value is -1.02. The lowest BCUT2D eigenvalue weighted by molar-refractivity contribution is 0.313. The molecule has 0 aromatic heterocycles. The second-order valence-electron chi connectivity index (χ2n) is 5.66. The number of aryl methyl sites for hydroxylation is 1. The normalized spacial score (nSPS) is 18.9. The summed E-state index contributed by atoms with van der Waals surface area (Å²) in [5.41, 5.74) is 4.33. The second-order valence-corrected chi connectivity index (χ2v) is 5.66. The van der Waals surface area contributed by atoms with Crippen molar-refractivity contribution < 1.29 is 0 Å². The van der Waals surface area contributed by atoms with Crippen LogP contribution in [0.3, 0.4) is 0 Å². The summed E-state index contributed by atoms with van der Waals surface area (Å²) in [6.07, 6.45) is 5.40. The van der Waals surface area contributed by atoms with Crippen LogP contribution in [0, 0.1) is 5.92 Å². The van der Waals surface area contributed by atoms with Gasteiger partial charge >= 0.3 is 0 Å². The fraction of sp³-hybridized carbons (Fsp3) is 0.600. The first kappa shape index (κ1) is 11.1. The standard InChI is InChI=1S/C15H22N2/c1-17(10-12-4-5-12)11-13-6-7-15-14(9-13)3-2-8-16-15/h6-7,9,12,16H,2-5,8,10-11H2,1H3. The summed E-state index contributed by atoms with van der Waals surface area (Å²) in [7, 11) is 2.25. The molecule has 2 nitrogen and oxygen atoms in total. The number of rotatable bonds is 4. The number of benzene rings is 1. The number of fused-ring (bicyclic) bond motifs is 1. The Kier molecular flexibility index (Phi) is 3.06. The molecule has 1 aromatic rings. The first-order chi connectivity index (χ1) is 8.31. The van der Waals surface area contributed by atoms with Crippen LogP contribution in [-0.4, -0.2) is 25.0 Å². The van der Waals surface area contributed by atoms with Crippen molar-refractivity contribution in [3.63, 3.8) is 0 Å². The quantitative estimate of drug-likeness (QED) is 0.855. The minimum Gasteiger partial charge on any atom is -0.385 e. The SMILES string of the molecule is CN(Cc1ccc2c(c1)CCCN2)CC1CC1. The van der Waals surface area contributed by atoms with Crippen molar-refractivity contribution in [3.8, 4) is 0 Å². The van der Waals surface area contributed by atoms with Crippen molar-refractivity contribution in [1.82, 2.24) is 4.90 Å². The highest BCUT2D eigenvalue weighted by Crippen LogP contribution is 2.30. The van der Waals surface area contributed by atoms with Crippen LogP contribution in [0.25, 0.3) is 0 Å². The number of hydrogen-bond acceptors (Lipinski definition) is 2. The predicted octanol–water partition coefficient (Wildman–Crippen LogP) is 2.89. The average molecular weight is 230 g/mol. The highest BCUT2D eigenvalue weighted by molar-refractivity contribution is 5.54. The molecule has 92 valence electrons. The van der Waals surface area contributed by atoms with Gasteiger partial charge in [0.05, 0.1) is 0 Å². The van der Waals surface area contributed by atoms with E-state index in [9.17, 15) is 0 Å². The molecule has 3 rings (SSSR count). The van der Waals surface area contributed by atoms with Crippen LogP contribution < -0.4 is 5.32 Å². The smallest absolute Gasteiger partial charge is 0.0372 e. The van der Waals surface area contributed by atoms with Gasteiger partial charge in [0.15, 0.2) is 0 Å². The zero-order valence-corrected chi connectivity index (χ0v) is 10.7. The first-order valence-electron chi connectivity index (χ1n) is 6.85. The number of anilines is 1. The van der Waals surface area contributed by atoms with Crippen molar-refractivity contribution in [2.45, 2.75) is 32.2 Å². The summed E-state index contributed by atoms with van der Waals surface area (Å²) < 4.78 is 0. The van der Waals surface area contributed by atoms with E-state index < -0.39 is 0 Å². The maximum Gasteiger partial charge on any atom is 0.0372 e. The summed E-state index contributed by atoms with van der Waals surface area (Å²) in [4.78, 5) is 2.47. The van der Waals surface area contributed by atoms with E-state index in [0.29, 0.717) is 0 Å². The predicted molar refractivity (Wildman–Crippen MR) is 72.3 cm³/mol. The van der Waals surface area contributed by atoms with E-state index in [4.69, 9.17) is 0 Å². The fourth-order valence-electron chi connectivity index (χ4n) is 2.74. The molecule has 17 heavy (non-hydrogen) atoms. The van der Waals surface area contributed by atoms with Gasteiger partial charge in [-0.1, -0.05) is 12.1 Å². The number of nitrogens with zero attached hydrogens (tertiary/aromatic N) is 1. The van der Waals surface area contributed by atoms with E-state index in [0.717, 1.165) is 19.0 Å². The third-order valence-corrected chi connectivity index (χ3v) is 3.83. The lowest BCUT2D eigenvalue weighted by atomic mass is 10.0. The van der Waals surface area contributed by atoms with Gasteiger partial charge in [-0.05, 0) is 55.8 Å². The van der Waals surface area contributed by atoms with Crippen molar-refractivity contribution in [2.75, 3.05) is 25.5 Å². The monoisotopic (exact) mass is 230 g/mol. The maximum atomic E-state index is 3.47. The third-order valence-electron chi connectivity index (χ3n) is 3.83. The molecule has 1 saturated carbocycles. The Morgan fingerprint density at radius 1 is 1.35 bits per heavy atom. The first-order valence-corrected chi connectivity index (χ1v) is 6.85. The highest BCUT2D eigenvalue weighted by Gasteiger charge is 2.22. The molecule has 0 spiro atoms. The molecule has 1 aliphatic carbocycles. The molecular weight excluding hydrogens is 208 g/mol. The molecule has 1 aliphatic heterocycles. The van der Waals surface area contributed by atoms with Crippen LogP contribution in [0.15, 0.2) is 18.2 Å². The van der Waals surface area contributed by atoms with Crippen LogP contribution in [0.4, 0.5) is 5.69 Å². The molecular formula is C15H22N2. The fourth-order valence-corrected chi connectivity index (χ4v) is 2.74. The molecule has 2 aliphatic rings. The highest BCUT2D eigenvalue weighted by atomic mass is 15.1. The van der Waals surface area contributed by atoms with Gasteiger partial charge in [0.2, 0.25) is 0 Å². The minimum atomic E-state index is 0.985. The molecule has 1 N–H and O–H groups in total. The summed E-state index contributed by atoms with van der Waals surface area (Å²) in [5, 5.41) is 3.47. The van der Waals surface area contributed by atoms with Gasteiger partial charge in [0.25, 0.3) is 0 Å². The number of hydrogen-bond donors (Lipinski definition) is 1. The summed E-state index contributed by atoms with van der Waals surface area (Å²) in [6.45, 7) is 3.51. The van der Waals surface area contributed by atoms with Gasteiger partial charge in [-0.15, -0.1) is 0 Å².